The molecule has 1 atom stereocenters. The van der Waals surface area contributed by atoms with E-state index in [1.165, 1.54) is 0 Å². The van der Waals surface area contributed by atoms with Gasteiger partial charge < -0.3 is 0 Å². The first-order chi connectivity index (χ1) is 7.31. The molecule has 0 saturated carbocycles. The largest absolute Gasteiger partial charge is 0.265 e. The van der Waals surface area contributed by atoms with Gasteiger partial charge in [-0.05, 0) is 35.8 Å². The maximum atomic E-state index is 9.03. The number of aromatic nitrogens is 1. The fourth-order valence-corrected chi connectivity index (χ4v) is 1.82. The molecule has 0 radical (unpaired) electrons. The molecule has 1 aliphatic carbocycles. The smallest absolute Gasteiger partial charge is 0.0754 e. The van der Waals surface area contributed by atoms with Gasteiger partial charge in [0, 0.05) is 17.4 Å². The van der Waals surface area contributed by atoms with E-state index in [9.17, 15) is 0 Å². The van der Waals surface area contributed by atoms with Crippen LogP contribution in [0.15, 0.2) is 41.7 Å². The molecule has 1 unspecified atom stereocenters. The molecule has 1 heterocycles. The molecule has 2 rings (SSSR count). The Balaban J connectivity index is 2.42. The number of hydrogen-bond donors (Lipinski definition) is 0. The van der Waals surface area contributed by atoms with E-state index in [0.717, 1.165) is 11.1 Å². The Hall–Kier alpha value is -1.59. The highest BCUT2D eigenvalue weighted by Gasteiger charge is 2.18. The fraction of sp³-hybridized carbons (Fsp3) is 0.167. The first-order valence-corrected chi connectivity index (χ1v) is 5.06. The lowest BCUT2D eigenvalue weighted by Gasteiger charge is -2.16. The Morgan fingerprint density at radius 3 is 2.80 bits per heavy atom. The predicted molar refractivity (Wildman–Crippen MR) is 59.9 cm³/mol. The van der Waals surface area contributed by atoms with E-state index in [0.29, 0.717) is 11.5 Å². The van der Waals surface area contributed by atoms with Gasteiger partial charge in [0.1, 0.15) is 0 Å². The molecule has 0 aliphatic heterocycles. The number of nitrogens with zero attached hydrogens (tertiary/aromatic N) is 2. The van der Waals surface area contributed by atoms with E-state index in [4.69, 9.17) is 16.9 Å². The lowest BCUT2D eigenvalue weighted by atomic mass is 9.88. The van der Waals surface area contributed by atoms with Crippen LogP contribution in [0.5, 0.6) is 0 Å². The van der Waals surface area contributed by atoms with Crippen LogP contribution in [-0.4, -0.2) is 4.98 Å². The highest BCUT2D eigenvalue weighted by Crippen LogP contribution is 2.32. The van der Waals surface area contributed by atoms with Crippen molar-refractivity contribution in [3.63, 3.8) is 0 Å². The topological polar surface area (TPSA) is 36.7 Å². The second kappa shape index (κ2) is 4.29. The third-order valence-corrected chi connectivity index (χ3v) is 2.65. The van der Waals surface area contributed by atoms with E-state index >= 15 is 0 Å². The molecule has 3 heteroatoms. The van der Waals surface area contributed by atoms with Gasteiger partial charge in [-0.1, -0.05) is 17.7 Å². The minimum atomic E-state index is -0.102. The summed E-state index contributed by atoms with van der Waals surface area (Å²) in [5, 5.41) is 9.73. The molecule has 2 nitrogen and oxygen atoms in total. The molecule has 1 aromatic rings. The van der Waals surface area contributed by atoms with E-state index in [-0.39, 0.29) is 5.92 Å². The van der Waals surface area contributed by atoms with Crippen molar-refractivity contribution in [3.05, 3.63) is 47.3 Å². The fourth-order valence-electron chi connectivity index (χ4n) is 1.62. The van der Waals surface area contributed by atoms with Crippen LogP contribution >= 0.6 is 11.6 Å². The Morgan fingerprint density at radius 1 is 1.40 bits per heavy atom. The summed E-state index contributed by atoms with van der Waals surface area (Å²) in [6.45, 7) is 0. The maximum absolute atomic E-state index is 9.03. The molecule has 74 valence electrons. The molecule has 1 aromatic heterocycles. The Labute approximate surface area is 93.5 Å². The van der Waals surface area contributed by atoms with Crippen LogP contribution in [0.4, 0.5) is 0 Å². The van der Waals surface area contributed by atoms with Crippen molar-refractivity contribution in [2.45, 2.75) is 6.42 Å². The zero-order valence-electron chi connectivity index (χ0n) is 8.02. The van der Waals surface area contributed by atoms with Gasteiger partial charge in [0.05, 0.1) is 12.0 Å². The Kier molecular flexibility index (Phi) is 2.84. The summed E-state index contributed by atoms with van der Waals surface area (Å²) in [6.07, 6.45) is 7.85. The average Bonchev–Trinajstić information content (AvgIpc) is 2.30. The monoisotopic (exact) mass is 216 g/mol. The molecule has 0 saturated heterocycles. The summed E-state index contributed by atoms with van der Waals surface area (Å²) < 4.78 is 0. The van der Waals surface area contributed by atoms with Crippen LogP contribution < -0.4 is 0 Å². The molecule has 0 amide bonds. The maximum Gasteiger partial charge on any atom is 0.0754 e. The third-order valence-electron chi connectivity index (χ3n) is 2.39. The van der Waals surface area contributed by atoms with Crippen molar-refractivity contribution < 1.29 is 0 Å². The van der Waals surface area contributed by atoms with Crippen molar-refractivity contribution in [2.24, 2.45) is 5.92 Å². The summed E-state index contributed by atoms with van der Waals surface area (Å²) in [6, 6.07) is 6.07. The molecule has 1 aliphatic rings. The van der Waals surface area contributed by atoms with Gasteiger partial charge in [0.15, 0.2) is 0 Å². The van der Waals surface area contributed by atoms with Crippen LogP contribution in [0.25, 0.3) is 5.57 Å². The molecule has 0 fully saturated rings. The zero-order chi connectivity index (χ0) is 10.7. The average molecular weight is 217 g/mol. The third kappa shape index (κ3) is 2.08. The van der Waals surface area contributed by atoms with E-state index < -0.39 is 0 Å². The van der Waals surface area contributed by atoms with Gasteiger partial charge in [-0.3, -0.25) is 4.98 Å². The van der Waals surface area contributed by atoms with E-state index in [1.807, 2.05) is 24.3 Å². The highest BCUT2D eigenvalue weighted by molar-refractivity contribution is 6.31. The SMILES string of the molecule is N#CC1CC=C(Cl)C=C1c1ccncc1. The zero-order valence-corrected chi connectivity index (χ0v) is 8.78. The summed E-state index contributed by atoms with van der Waals surface area (Å²) in [5.41, 5.74) is 2.00. The minimum absolute atomic E-state index is 0.102. The molecule has 0 spiro atoms. The lowest BCUT2D eigenvalue weighted by molar-refractivity contribution is 0.856. The lowest BCUT2D eigenvalue weighted by Crippen LogP contribution is -2.03. The molecule has 0 bridgehead atoms. The van der Waals surface area contributed by atoms with Crippen LogP contribution in [0, 0.1) is 17.2 Å². The normalized spacial score (nSPS) is 20.1. The second-order valence-corrected chi connectivity index (χ2v) is 3.78. The predicted octanol–water partition coefficient (Wildman–Crippen LogP) is 3.13. The van der Waals surface area contributed by atoms with Crippen molar-refractivity contribution in [1.29, 1.82) is 5.26 Å². The van der Waals surface area contributed by atoms with Gasteiger partial charge in [0.2, 0.25) is 0 Å². The van der Waals surface area contributed by atoms with Crippen LogP contribution in [0.3, 0.4) is 0 Å². The van der Waals surface area contributed by atoms with Crippen LogP contribution in [-0.2, 0) is 0 Å². The number of allylic oxidation sites excluding steroid dienone is 4. The summed E-state index contributed by atoms with van der Waals surface area (Å²) in [5.74, 6) is -0.102. The Bertz CT molecular complexity index is 454. The van der Waals surface area contributed by atoms with Gasteiger partial charge in [-0.25, -0.2) is 0 Å². The number of halogens is 1. The van der Waals surface area contributed by atoms with E-state index in [2.05, 4.69) is 11.1 Å². The van der Waals surface area contributed by atoms with E-state index in [1.54, 1.807) is 12.4 Å². The summed E-state index contributed by atoms with van der Waals surface area (Å²) in [7, 11) is 0. The molecule has 15 heavy (non-hydrogen) atoms. The first kappa shape index (κ1) is 9.95. The molecular formula is C12H9ClN2. The molecular weight excluding hydrogens is 208 g/mol. The minimum Gasteiger partial charge on any atom is -0.265 e. The quantitative estimate of drug-likeness (QED) is 0.723. The highest BCUT2D eigenvalue weighted by atomic mass is 35.5. The van der Waals surface area contributed by atoms with Crippen LogP contribution in [0.2, 0.25) is 0 Å². The second-order valence-electron chi connectivity index (χ2n) is 3.34. The number of pyridine rings is 1. The van der Waals surface area contributed by atoms with Crippen molar-refractivity contribution in [2.75, 3.05) is 0 Å². The van der Waals surface area contributed by atoms with Crippen molar-refractivity contribution in [1.82, 2.24) is 4.98 Å². The molecule has 0 N–H and O–H groups in total. The molecule has 0 aromatic carbocycles. The van der Waals surface area contributed by atoms with Gasteiger partial charge in [0.25, 0.3) is 0 Å². The van der Waals surface area contributed by atoms with Gasteiger partial charge >= 0.3 is 0 Å². The number of rotatable bonds is 1. The summed E-state index contributed by atoms with van der Waals surface area (Å²) in [4.78, 5) is 3.95. The first-order valence-electron chi connectivity index (χ1n) is 4.68. The summed E-state index contributed by atoms with van der Waals surface area (Å²) >= 11 is 5.94. The Morgan fingerprint density at radius 2 is 2.13 bits per heavy atom. The van der Waals surface area contributed by atoms with Gasteiger partial charge in [-0.15, -0.1) is 0 Å². The number of nitriles is 1. The number of hydrogen-bond acceptors (Lipinski definition) is 2. The van der Waals surface area contributed by atoms with Crippen LogP contribution in [0.1, 0.15) is 12.0 Å². The van der Waals surface area contributed by atoms with Crippen molar-refractivity contribution in [3.8, 4) is 6.07 Å². The van der Waals surface area contributed by atoms with Gasteiger partial charge in [-0.2, -0.15) is 5.26 Å². The standard InChI is InChI=1S/C12H9ClN2/c13-11-2-1-10(8-14)12(7-11)9-3-5-15-6-4-9/h2-7,10H,1H2. The van der Waals surface area contributed by atoms with Crippen molar-refractivity contribution >= 4 is 17.2 Å².